The number of rotatable bonds is 6. The van der Waals surface area contributed by atoms with Crippen LogP contribution in [-0.2, 0) is 20.5 Å². The van der Waals surface area contributed by atoms with Crippen LogP contribution in [0.1, 0.15) is 6.23 Å². The van der Waals surface area contributed by atoms with E-state index in [2.05, 4.69) is 19.8 Å². The molecule has 2 aromatic heterocycles. The lowest BCUT2D eigenvalue weighted by Crippen LogP contribution is -2.36. The Kier molecular flexibility index (Phi) is 5.18. The normalized spacial score (nSPS) is 28.5. The number of aliphatic hydroxyl groups is 2. The van der Waals surface area contributed by atoms with E-state index in [1.54, 1.807) is 4.57 Å². The molecule has 10 nitrogen and oxygen atoms in total. The van der Waals surface area contributed by atoms with Crippen LogP contribution >= 0.6 is 0 Å². The largest absolute Gasteiger partial charge is 0.387 e. The maximum Gasteiger partial charge on any atom is 0.167 e. The Morgan fingerprint density at radius 2 is 2.12 bits per heavy atom. The molecule has 0 saturated carbocycles. The smallest absolute Gasteiger partial charge is 0.167 e. The number of imidazole rings is 1. The fourth-order valence-electron chi connectivity index (χ4n) is 2.71. The second kappa shape index (κ2) is 7.17. The highest BCUT2D eigenvalue weighted by molar-refractivity contribution is 7.96. The molecule has 11 heteroatoms. The second-order valence-electron chi connectivity index (χ2n) is 5.65. The third-order valence-corrected chi connectivity index (χ3v) is 5.76. The molecule has 2 aromatic rings. The minimum absolute atomic E-state index is 0.0595. The van der Waals surface area contributed by atoms with Crippen molar-refractivity contribution in [3.05, 3.63) is 12.7 Å². The first kappa shape index (κ1) is 17.3. The zero-order valence-corrected chi connectivity index (χ0v) is 14.0. The number of aromatic nitrogens is 4. The van der Waals surface area contributed by atoms with Crippen molar-refractivity contribution in [3.63, 3.8) is 0 Å². The molecule has 0 amide bonds. The summed E-state index contributed by atoms with van der Waals surface area (Å²) in [7, 11) is -0.0595. The van der Waals surface area contributed by atoms with Gasteiger partial charge in [0.1, 0.15) is 48.3 Å². The lowest BCUT2D eigenvalue weighted by molar-refractivity contribution is -0.0290. The molecule has 0 bridgehead atoms. The van der Waals surface area contributed by atoms with Crippen LogP contribution in [0.15, 0.2) is 12.7 Å². The first-order valence-corrected chi connectivity index (χ1v) is 9.35. The van der Waals surface area contributed by atoms with Gasteiger partial charge in [-0.05, 0) is 10.9 Å². The summed E-state index contributed by atoms with van der Waals surface area (Å²) >= 11 is 0. The van der Waals surface area contributed by atoms with E-state index < -0.39 is 24.5 Å². The maximum atomic E-state index is 10.4. The SMILES string of the molecule is C[S+](CCON)CC1OC(n2cnc3c(N)ncnc32)C(O)C1O. The highest BCUT2D eigenvalue weighted by Gasteiger charge is 2.46. The van der Waals surface area contributed by atoms with Crippen molar-refractivity contribution in [2.75, 3.05) is 30.1 Å². The van der Waals surface area contributed by atoms with E-state index in [0.717, 1.165) is 5.75 Å². The van der Waals surface area contributed by atoms with Crippen LogP contribution in [0, 0.1) is 0 Å². The van der Waals surface area contributed by atoms with Gasteiger partial charge >= 0.3 is 0 Å². The second-order valence-corrected chi connectivity index (χ2v) is 7.96. The summed E-state index contributed by atoms with van der Waals surface area (Å²) in [5.41, 5.74) is 6.65. The number of ether oxygens (including phenoxy) is 1. The lowest BCUT2D eigenvalue weighted by Gasteiger charge is -2.16. The molecule has 1 aliphatic rings. The molecule has 1 saturated heterocycles. The first-order valence-electron chi connectivity index (χ1n) is 7.38. The van der Waals surface area contributed by atoms with E-state index in [0.29, 0.717) is 23.5 Å². The molecule has 5 unspecified atom stereocenters. The number of nitrogens with two attached hydrogens (primary N) is 2. The molecule has 0 aliphatic carbocycles. The first-order chi connectivity index (χ1) is 11.5. The van der Waals surface area contributed by atoms with Gasteiger partial charge in [0, 0.05) is 0 Å². The van der Waals surface area contributed by atoms with Crippen LogP contribution in [0.4, 0.5) is 5.82 Å². The van der Waals surface area contributed by atoms with E-state index in [-0.39, 0.29) is 16.7 Å². The van der Waals surface area contributed by atoms with Gasteiger partial charge in [0.2, 0.25) is 0 Å². The Balaban J connectivity index is 1.78. The van der Waals surface area contributed by atoms with Crippen molar-refractivity contribution in [2.24, 2.45) is 5.90 Å². The topological polar surface area (TPSA) is 155 Å². The summed E-state index contributed by atoms with van der Waals surface area (Å²) in [6, 6.07) is 0. The summed E-state index contributed by atoms with van der Waals surface area (Å²) in [6.07, 6.45) is 1.47. The monoisotopic (exact) mass is 357 g/mol. The average Bonchev–Trinajstić information content (AvgIpc) is 3.10. The van der Waals surface area contributed by atoms with Crippen molar-refractivity contribution in [1.82, 2.24) is 19.5 Å². The van der Waals surface area contributed by atoms with E-state index >= 15 is 0 Å². The van der Waals surface area contributed by atoms with Crippen LogP contribution in [0.25, 0.3) is 11.2 Å². The van der Waals surface area contributed by atoms with Crippen LogP contribution < -0.4 is 11.6 Å². The number of nitrogens with zero attached hydrogens (tertiary/aromatic N) is 4. The molecular weight excluding hydrogens is 336 g/mol. The zero-order chi connectivity index (χ0) is 17.3. The molecule has 3 heterocycles. The average molecular weight is 357 g/mol. The number of nitrogen functional groups attached to an aromatic ring is 1. The van der Waals surface area contributed by atoms with Crippen molar-refractivity contribution < 1.29 is 19.8 Å². The van der Waals surface area contributed by atoms with Crippen molar-refractivity contribution in [3.8, 4) is 0 Å². The molecule has 1 fully saturated rings. The van der Waals surface area contributed by atoms with Gasteiger partial charge < -0.3 is 20.7 Å². The van der Waals surface area contributed by atoms with Gasteiger partial charge in [-0.2, -0.15) is 0 Å². The number of fused-ring (bicyclic) bond motifs is 1. The zero-order valence-electron chi connectivity index (χ0n) is 13.1. The summed E-state index contributed by atoms with van der Waals surface area (Å²) in [4.78, 5) is 16.8. The molecule has 132 valence electrons. The van der Waals surface area contributed by atoms with Crippen LogP contribution in [0.3, 0.4) is 0 Å². The van der Waals surface area contributed by atoms with Crippen LogP contribution in [0.5, 0.6) is 0 Å². The van der Waals surface area contributed by atoms with Gasteiger partial charge in [-0.3, -0.25) is 9.40 Å². The molecule has 5 atom stereocenters. The molecule has 0 spiro atoms. The highest BCUT2D eigenvalue weighted by atomic mass is 32.2. The minimum Gasteiger partial charge on any atom is -0.387 e. The number of hydrogen-bond acceptors (Lipinski definition) is 9. The predicted molar refractivity (Wildman–Crippen MR) is 88.8 cm³/mol. The molecule has 0 radical (unpaired) electrons. The number of aliphatic hydroxyl groups excluding tert-OH is 2. The Morgan fingerprint density at radius 3 is 2.88 bits per heavy atom. The van der Waals surface area contributed by atoms with Crippen molar-refractivity contribution >= 4 is 27.9 Å². The van der Waals surface area contributed by atoms with Gasteiger partial charge in [-0.15, -0.1) is 0 Å². The van der Waals surface area contributed by atoms with E-state index in [1.165, 1.54) is 12.7 Å². The molecule has 3 rings (SSSR count). The molecule has 24 heavy (non-hydrogen) atoms. The van der Waals surface area contributed by atoms with Gasteiger partial charge in [0.05, 0.1) is 12.6 Å². The van der Waals surface area contributed by atoms with Crippen molar-refractivity contribution in [1.29, 1.82) is 0 Å². The van der Waals surface area contributed by atoms with E-state index in [1.807, 2.05) is 6.26 Å². The molecule has 1 aliphatic heterocycles. The molecule has 6 N–H and O–H groups in total. The third-order valence-electron chi connectivity index (χ3n) is 4.00. The van der Waals surface area contributed by atoms with Gasteiger partial charge in [0.15, 0.2) is 17.7 Å². The van der Waals surface area contributed by atoms with Crippen molar-refractivity contribution in [2.45, 2.75) is 24.5 Å². The van der Waals surface area contributed by atoms with Gasteiger partial charge in [0.25, 0.3) is 0 Å². The highest BCUT2D eigenvalue weighted by Crippen LogP contribution is 2.32. The summed E-state index contributed by atoms with van der Waals surface area (Å²) in [5, 5.41) is 20.7. The molecule has 0 aromatic carbocycles. The Labute approximate surface area is 141 Å². The Hall–Kier alpha value is -1.50. The fraction of sp³-hybridized carbons (Fsp3) is 0.615. The quantitative estimate of drug-likeness (QED) is 0.345. The minimum atomic E-state index is -1.09. The third kappa shape index (κ3) is 3.18. The van der Waals surface area contributed by atoms with Crippen LogP contribution in [0.2, 0.25) is 0 Å². The van der Waals surface area contributed by atoms with E-state index in [9.17, 15) is 10.2 Å². The predicted octanol–water partition coefficient (Wildman–Crippen LogP) is -1.83. The van der Waals surface area contributed by atoms with Gasteiger partial charge in [-0.25, -0.2) is 20.8 Å². The van der Waals surface area contributed by atoms with E-state index in [4.69, 9.17) is 16.4 Å². The number of hydrogen-bond donors (Lipinski definition) is 4. The number of anilines is 1. The fourth-order valence-corrected chi connectivity index (χ4v) is 4.09. The standard InChI is InChI=1S/C13H21N6O4S/c1-24(3-2-22-15)4-7-9(20)10(21)13(23-7)19-6-18-8-11(14)16-5-17-12(8)19/h5-7,9-10,13,20-21H,2-4,15H2,1H3,(H2,14,16,17)/q+1. The summed E-state index contributed by atoms with van der Waals surface area (Å²) in [5.74, 6) is 6.65. The molecular formula is C13H21N6O4S+. The Bertz CT molecular complexity index is 700. The van der Waals surface area contributed by atoms with Crippen LogP contribution in [-0.4, -0.2) is 72.4 Å². The summed E-state index contributed by atoms with van der Waals surface area (Å²) in [6.45, 7) is 0.441. The van der Waals surface area contributed by atoms with Gasteiger partial charge in [-0.1, -0.05) is 0 Å². The Morgan fingerprint density at radius 1 is 1.33 bits per heavy atom. The summed E-state index contributed by atoms with van der Waals surface area (Å²) < 4.78 is 7.45. The lowest BCUT2D eigenvalue weighted by atomic mass is 10.1. The maximum absolute atomic E-state index is 10.4.